The molecule has 1 aliphatic rings. The Balaban J connectivity index is 2.24. The maximum absolute atomic E-state index is 11.1. The Morgan fingerprint density at radius 1 is 1.19 bits per heavy atom. The number of hydrogen-bond acceptors (Lipinski definition) is 8. The van der Waals surface area contributed by atoms with Gasteiger partial charge in [-0.05, 0) is 6.07 Å². The van der Waals surface area contributed by atoms with Crippen LogP contribution in [0.2, 0.25) is 5.02 Å². The molecule has 2 rings (SSSR count). The first-order valence-corrected chi connectivity index (χ1v) is 7.84. The Labute approximate surface area is 152 Å². The highest BCUT2D eigenvalue weighted by Gasteiger charge is 2.48. The normalized spacial score (nSPS) is 29.8. The molecule has 26 heavy (non-hydrogen) atoms. The minimum absolute atomic E-state index is 0.242. The molecule has 4 unspecified atom stereocenters. The third-order valence-corrected chi connectivity index (χ3v) is 4.08. The van der Waals surface area contributed by atoms with Crippen molar-refractivity contribution in [2.45, 2.75) is 36.8 Å². The van der Waals surface area contributed by atoms with Crippen LogP contribution in [0.4, 0.5) is 4.79 Å². The van der Waals surface area contributed by atoms with Crippen molar-refractivity contribution in [1.29, 1.82) is 0 Å². The van der Waals surface area contributed by atoms with Crippen molar-refractivity contribution in [3.05, 3.63) is 34.9 Å². The molecule has 1 heterocycles. The lowest BCUT2D eigenvalue weighted by atomic mass is 9.99. The van der Waals surface area contributed by atoms with Gasteiger partial charge in [-0.25, -0.2) is 9.59 Å². The van der Waals surface area contributed by atoms with E-state index in [2.05, 4.69) is 0 Å². The number of amides is 1. The molecule has 1 aromatic carbocycles. The van der Waals surface area contributed by atoms with Crippen LogP contribution >= 0.6 is 11.6 Å². The van der Waals surface area contributed by atoms with Gasteiger partial charge < -0.3 is 40.4 Å². The van der Waals surface area contributed by atoms with E-state index < -0.39 is 55.5 Å². The molecule has 0 radical (unpaired) electrons. The summed E-state index contributed by atoms with van der Waals surface area (Å²) in [7, 11) is 0. The number of nitrogens with two attached hydrogens (primary N) is 1. The van der Waals surface area contributed by atoms with Crippen molar-refractivity contribution < 1.29 is 44.2 Å². The summed E-state index contributed by atoms with van der Waals surface area (Å²) in [6, 6.07) is 6.35. The van der Waals surface area contributed by atoms with E-state index in [4.69, 9.17) is 36.7 Å². The molecule has 1 saturated heterocycles. The summed E-state index contributed by atoms with van der Waals surface area (Å²) in [4.78, 5) is 22.0. The number of carboxylic acids is 1. The van der Waals surface area contributed by atoms with E-state index in [1.807, 2.05) is 0 Å². The van der Waals surface area contributed by atoms with Crippen molar-refractivity contribution in [2.24, 2.45) is 5.73 Å². The molecule has 1 aliphatic heterocycles. The standard InChI is InChI=1S/C15H18ClNO9/c16-7-4-2-1-3-6(7)8(5-24-15(17)23)25-14-11(20)9(18)10(19)12(26-14)13(21)22/h1-4,8-12,14,18-20H,5H2,(H2,17,23)(H,21,22)/t8-,9?,10?,11?,12?,14+/m0/s1. The number of aliphatic carboxylic acids is 1. The topological polar surface area (TPSA) is 169 Å². The number of aliphatic hydroxyl groups excluding tert-OH is 3. The number of hydrogen-bond donors (Lipinski definition) is 5. The van der Waals surface area contributed by atoms with Gasteiger partial charge in [0.1, 0.15) is 31.0 Å². The number of aliphatic hydroxyl groups is 3. The van der Waals surface area contributed by atoms with Gasteiger partial charge in [0.15, 0.2) is 12.4 Å². The highest BCUT2D eigenvalue weighted by molar-refractivity contribution is 6.31. The summed E-state index contributed by atoms with van der Waals surface area (Å²) < 4.78 is 15.2. The largest absolute Gasteiger partial charge is 0.479 e. The molecule has 0 aromatic heterocycles. The van der Waals surface area contributed by atoms with E-state index in [0.717, 1.165) is 0 Å². The highest BCUT2D eigenvalue weighted by atomic mass is 35.5. The third-order valence-electron chi connectivity index (χ3n) is 3.74. The summed E-state index contributed by atoms with van der Waals surface area (Å²) in [5.74, 6) is -1.56. The zero-order chi connectivity index (χ0) is 19.4. The van der Waals surface area contributed by atoms with Crippen LogP contribution in [0.3, 0.4) is 0 Å². The lowest BCUT2D eigenvalue weighted by molar-refractivity contribution is -0.307. The molecule has 144 valence electrons. The van der Waals surface area contributed by atoms with Crippen LogP contribution in [-0.2, 0) is 19.0 Å². The molecule has 6 N–H and O–H groups in total. The highest BCUT2D eigenvalue weighted by Crippen LogP contribution is 2.31. The monoisotopic (exact) mass is 391 g/mol. The molecule has 1 amide bonds. The average molecular weight is 392 g/mol. The van der Waals surface area contributed by atoms with Crippen molar-refractivity contribution in [3.63, 3.8) is 0 Å². The number of carboxylic acid groups (broad SMARTS) is 1. The van der Waals surface area contributed by atoms with E-state index in [1.165, 1.54) is 6.07 Å². The fourth-order valence-electron chi connectivity index (χ4n) is 2.42. The first-order valence-electron chi connectivity index (χ1n) is 7.47. The quantitative estimate of drug-likeness (QED) is 0.424. The molecule has 0 saturated carbocycles. The van der Waals surface area contributed by atoms with Gasteiger partial charge in [-0.15, -0.1) is 0 Å². The lowest BCUT2D eigenvalue weighted by Gasteiger charge is -2.39. The van der Waals surface area contributed by atoms with E-state index in [1.54, 1.807) is 18.2 Å². The summed E-state index contributed by atoms with van der Waals surface area (Å²) in [6.45, 7) is -0.415. The Kier molecular flexibility index (Phi) is 6.75. The summed E-state index contributed by atoms with van der Waals surface area (Å²) in [6.07, 6.45) is -11.1. The predicted molar refractivity (Wildman–Crippen MR) is 85.1 cm³/mol. The van der Waals surface area contributed by atoms with Crippen LogP contribution in [0.5, 0.6) is 0 Å². The molecule has 10 nitrogen and oxygen atoms in total. The first kappa shape index (κ1) is 20.4. The van der Waals surface area contributed by atoms with Gasteiger partial charge in [-0.1, -0.05) is 29.8 Å². The van der Waals surface area contributed by atoms with Crippen LogP contribution in [-0.4, -0.2) is 69.8 Å². The Hall–Kier alpha value is -1.95. The molecule has 0 spiro atoms. The number of benzene rings is 1. The minimum Gasteiger partial charge on any atom is -0.479 e. The second-order valence-corrected chi connectivity index (χ2v) is 5.92. The fourth-order valence-corrected chi connectivity index (χ4v) is 2.68. The smallest absolute Gasteiger partial charge is 0.404 e. The maximum atomic E-state index is 11.1. The van der Waals surface area contributed by atoms with E-state index in [0.29, 0.717) is 5.56 Å². The second-order valence-electron chi connectivity index (χ2n) is 5.51. The molecule has 11 heteroatoms. The van der Waals surface area contributed by atoms with Gasteiger partial charge >= 0.3 is 12.1 Å². The van der Waals surface area contributed by atoms with E-state index in [-0.39, 0.29) is 5.02 Å². The zero-order valence-corrected chi connectivity index (χ0v) is 14.0. The number of rotatable bonds is 6. The van der Waals surface area contributed by atoms with Crippen molar-refractivity contribution >= 4 is 23.7 Å². The van der Waals surface area contributed by atoms with Crippen LogP contribution in [0.15, 0.2) is 24.3 Å². The third kappa shape index (κ3) is 4.61. The van der Waals surface area contributed by atoms with Crippen molar-refractivity contribution in [3.8, 4) is 0 Å². The number of carbonyl (C=O) groups is 2. The van der Waals surface area contributed by atoms with E-state index >= 15 is 0 Å². The number of ether oxygens (including phenoxy) is 3. The van der Waals surface area contributed by atoms with E-state index in [9.17, 15) is 24.9 Å². The van der Waals surface area contributed by atoms with Crippen molar-refractivity contribution in [1.82, 2.24) is 0 Å². The zero-order valence-electron chi connectivity index (χ0n) is 13.3. The van der Waals surface area contributed by atoms with Crippen molar-refractivity contribution in [2.75, 3.05) is 6.61 Å². The van der Waals surface area contributed by atoms with Gasteiger partial charge in [0.2, 0.25) is 0 Å². The van der Waals surface area contributed by atoms with Crippen LogP contribution in [0.1, 0.15) is 11.7 Å². The number of carbonyl (C=O) groups excluding carboxylic acids is 1. The lowest BCUT2D eigenvalue weighted by Crippen LogP contribution is -2.60. The van der Waals surface area contributed by atoms with Crippen LogP contribution < -0.4 is 5.73 Å². The van der Waals surface area contributed by atoms with Gasteiger partial charge in [-0.2, -0.15) is 0 Å². The molecule has 1 fully saturated rings. The average Bonchev–Trinajstić information content (AvgIpc) is 2.58. The predicted octanol–water partition coefficient (Wildman–Crippen LogP) is -0.615. The Morgan fingerprint density at radius 2 is 1.85 bits per heavy atom. The molecule has 0 aliphatic carbocycles. The van der Waals surface area contributed by atoms with Gasteiger partial charge in [0.05, 0.1) is 0 Å². The Bertz CT molecular complexity index is 658. The van der Waals surface area contributed by atoms with Gasteiger partial charge in [0, 0.05) is 10.6 Å². The molecule has 6 atom stereocenters. The summed E-state index contributed by atoms with van der Waals surface area (Å²) in [5, 5.41) is 38.9. The number of halogens is 1. The summed E-state index contributed by atoms with van der Waals surface area (Å²) >= 11 is 6.08. The Morgan fingerprint density at radius 3 is 2.42 bits per heavy atom. The first-order chi connectivity index (χ1) is 12.2. The maximum Gasteiger partial charge on any atom is 0.404 e. The minimum atomic E-state index is -1.86. The summed E-state index contributed by atoms with van der Waals surface area (Å²) in [5.41, 5.74) is 5.28. The molecule has 1 aromatic rings. The fraction of sp³-hybridized carbons (Fsp3) is 0.467. The molecule has 0 bridgehead atoms. The van der Waals surface area contributed by atoms with Crippen LogP contribution in [0, 0.1) is 0 Å². The SMILES string of the molecule is NC(=O)OC[C@H](O[C@@H]1OC(C(=O)O)C(O)C(O)C1O)c1ccccc1Cl. The van der Waals surface area contributed by atoms with Gasteiger partial charge in [0.25, 0.3) is 0 Å². The van der Waals surface area contributed by atoms with Gasteiger partial charge in [-0.3, -0.25) is 0 Å². The second kappa shape index (κ2) is 8.62. The van der Waals surface area contributed by atoms with Crippen LogP contribution in [0.25, 0.3) is 0 Å². The molecular formula is C15H18ClNO9. The molecular weight excluding hydrogens is 374 g/mol. The number of primary amides is 1.